The first kappa shape index (κ1) is 21.7. The normalized spacial score (nSPS) is 11.1. The SMILES string of the molecule is CC(CO)C(=O)N(c1ccccc1)c1ccc(O)cc1.Cc1cccc(Br)c1. The molecule has 0 aliphatic carbocycles. The van der Waals surface area contributed by atoms with Gasteiger partial charge in [0, 0.05) is 15.8 Å². The van der Waals surface area contributed by atoms with Gasteiger partial charge in [-0.05, 0) is 55.5 Å². The van der Waals surface area contributed by atoms with Gasteiger partial charge in [0.05, 0.1) is 12.5 Å². The summed E-state index contributed by atoms with van der Waals surface area (Å²) >= 11 is 3.36. The van der Waals surface area contributed by atoms with Gasteiger partial charge in [-0.25, -0.2) is 0 Å². The number of para-hydroxylation sites is 1. The molecule has 4 nitrogen and oxygen atoms in total. The van der Waals surface area contributed by atoms with Crippen LogP contribution in [-0.2, 0) is 4.79 Å². The molecule has 146 valence electrons. The number of hydrogen-bond donors (Lipinski definition) is 2. The van der Waals surface area contributed by atoms with Crippen LogP contribution in [0.25, 0.3) is 0 Å². The van der Waals surface area contributed by atoms with Crippen LogP contribution >= 0.6 is 15.9 Å². The molecule has 3 aromatic carbocycles. The largest absolute Gasteiger partial charge is 0.508 e. The summed E-state index contributed by atoms with van der Waals surface area (Å²) in [6.45, 7) is 3.55. The number of hydrogen-bond acceptors (Lipinski definition) is 3. The molecule has 0 radical (unpaired) electrons. The summed E-state index contributed by atoms with van der Waals surface area (Å²) < 4.78 is 1.15. The maximum absolute atomic E-state index is 12.5. The van der Waals surface area contributed by atoms with E-state index in [0.717, 1.165) is 10.2 Å². The first-order valence-corrected chi connectivity index (χ1v) is 9.72. The number of phenolic OH excluding ortho intramolecular Hbond substituents is 1. The zero-order valence-electron chi connectivity index (χ0n) is 15.9. The zero-order chi connectivity index (χ0) is 20.5. The maximum atomic E-state index is 12.5. The predicted octanol–water partition coefficient (Wildman–Crippen LogP) is 5.44. The standard InChI is InChI=1S/C16H17NO3.C7H7Br/c1-12(11-18)16(20)17(13-5-3-2-4-6-13)14-7-9-15(19)10-8-14;1-6-3-2-4-7(8)5-6/h2-10,12,18-19H,11H2,1H3;2-5H,1H3. The Bertz CT molecular complexity index is 865. The number of rotatable bonds is 4. The topological polar surface area (TPSA) is 60.8 Å². The number of halogens is 1. The summed E-state index contributed by atoms with van der Waals surface area (Å²) in [6, 6.07) is 23.8. The number of anilines is 2. The molecule has 5 heteroatoms. The summed E-state index contributed by atoms with van der Waals surface area (Å²) in [7, 11) is 0. The average Bonchev–Trinajstić information content (AvgIpc) is 2.70. The summed E-state index contributed by atoms with van der Waals surface area (Å²) in [5.74, 6) is -0.544. The molecule has 0 aliphatic rings. The van der Waals surface area contributed by atoms with E-state index in [1.807, 2.05) is 42.5 Å². The number of aryl methyl sites for hydroxylation is 1. The highest BCUT2D eigenvalue weighted by Gasteiger charge is 2.22. The third kappa shape index (κ3) is 6.22. The lowest BCUT2D eigenvalue weighted by Crippen LogP contribution is -2.32. The molecule has 1 unspecified atom stereocenters. The van der Waals surface area contributed by atoms with Crippen LogP contribution in [0, 0.1) is 12.8 Å². The number of aromatic hydroxyl groups is 1. The number of aliphatic hydroxyl groups is 1. The van der Waals surface area contributed by atoms with E-state index < -0.39 is 5.92 Å². The van der Waals surface area contributed by atoms with Gasteiger partial charge >= 0.3 is 0 Å². The van der Waals surface area contributed by atoms with Crippen molar-refractivity contribution in [3.8, 4) is 5.75 Å². The first-order valence-electron chi connectivity index (χ1n) is 8.93. The molecule has 3 rings (SSSR count). The van der Waals surface area contributed by atoms with Gasteiger partial charge in [0.2, 0.25) is 5.91 Å². The van der Waals surface area contributed by atoms with Crippen LogP contribution in [0.4, 0.5) is 11.4 Å². The van der Waals surface area contributed by atoms with Gasteiger partial charge in [-0.15, -0.1) is 0 Å². The fraction of sp³-hybridized carbons (Fsp3) is 0.174. The molecule has 0 heterocycles. The van der Waals surface area contributed by atoms with E-state index in [4.69, 9.17) is 0 Å². The molecular formula is C23H24BrNO3. The Balaban J connectivity index is 0.000000292. The zero-order valence-corrected chi connectivity index (χ0v) is 17.5. The van der Waals surface area contributed by atoms with Crippen molar-refractivity contribution in [2.45, 2.75) is 13.8 Å². The minimum absolute atomic E-state index is 0.143. The van der Waals surface area contributed by atoms with Crippen LogP contribution in [-0.4, -0.2) is 22.7 Å². The Morgan fingerprint density at radius 3 is 2.07 bits per heavy atom. The van der Waals surface area contributed by atoms with Crippen LogP contribution in [0.3, 0.4) is 0 Å². The van der Waals surface area contributed by atoms with Crippen LogP contribution in [0.15, 0.2) is 83.3 Å². The van der Waals surface area contributed by atoms with Crippen molar-refractivity contribution in [3.63, 3.8) is 0 Å². The van der Waals surface area contributed by atoms with Gasteiger partial charge in [0.15, 0.2) is 0 Å². The highest BCUT2D eigenvalue weighted by atomic mass is 79.9. The lowest BCUT2D eigenvalue weighted by Gasteiger charge is -2.25. The van der Waals surface area contributed by atoms with E-state index in [-0.39, 0.29) is 18.3 Å². The Labute approximate surface area is 174 Å². The van der Waals surface area contributed by atoms with E-state index in [0.29, 0.717) is 5.69 Å². The van der Waals surface area contributed by atoms with E-state index in [9.17, 15) is 15.0 Å². The minimum atomic E-state index is -0.496. The molecule has 0 aromatic heterocycles. The van der Waals surface area contributed by atoms with E-state index in [2.05, 4.69) is 35.0 Å². The molecule has 3 aromatic rings. The van der Waals surface area contributed by atoms with Crippen molar-refractivity contribution >= 4 is 33.2 Å². The van der Waals surface area contributed by atoms with Crippen LogP contribution < -0.4 is 4.90 Å². The molecule has 0 saturated heterocycles. The van der Waals surface area contributed by atoms with Gasteiger partial charge in [-0.3, -0.25) is 9.69 Å². The highest BCUT2D eigenvalue weighted by molar-refractivity contribution is 9.10. The fourth-order valence-corrected chi connectivity index (χ4v) is 3.00. The molecule has 0 fully saturated rings. The minimum Gasteiger partial charge on any atom is -0.508 e. The van der Waals surface area contributed by atoms with E-state index in [1.165, 1.54) is 17.7 Å². The number of carbonyl (C=O) groups is 1. The number of nitrogens with zero attached hydrogens (tertiary/aromatic N) is 1. The summed E-state index contributed by atoms with van der Waals surface area (Å²) in [5, 5.41) is 18.6. The second kappa shape index (κ2) is 10.6. The molecule has 1 atom stereocenters. The molecule has 28 heavy (non-hydrogen) atoms. The summed E-state index contributed by atoms with van der Waals surface area (Å²) in [4.78, 5) is 14.0. The molecular weight excluding hydrogens is 418 g/mol. The smallest absolute Gasteiger partial charge is 0.236 e. The van der Waals surface area contributed by atoms with Gasteiger partial charge in [-0.2, -0.15) is 0 Å². The van der Waals surface area contributed by atoms with Crippen molar-refractivity contribution in [2.75, 3.05) is 11.5 Å². The molecule has 0 bridgehead atoms. The van der Waals surface area contributed by atoms with Crippen LogP contribution in [0.2, 0.25) is 0 Å². The maximum Gasteiger partial charge on any atom is 0.236 e. The summed E-state index contributed by atoms with van der Waals surface area (Å²) in [5.41, 5.74) is 2.67. The second-order valence-electron chi connectivity index (χ2n) is 6.41. The van der Waals surface area contributed by atoms with Gasteiger partial charge in [0.25, 0.3) is 0 Å². The van der Waals surface area contributed by atoms with E-state index in [1.54, 1.807) is 24.0 Å². The first-order chi connectivity index (χ1) is 13.4. The van der Waals surface area contributed by atoms with Crippen LogP contribution in [0.5, 0.6) is 5.75 Å². The Morgan fingerprint density at radius 1 is 0.964 bits per heavy atom. The number of amides is 1. The Kier molecular flexibility index (Phi) is 8.23. The average molecular weight is 442 g/mol. The Morgan fingerprint density at radius 2 is 1.57 bits per heavy atom. The van der Waals surface area contributed by atoms with Crippen LogP contribution in [0.1, 0.15) is 12.5 Å². The quantitative estimate of drug-likeness (QED) is 0.566. The monoisotopic (exact) mass is 441 g/mol. The lowest BCUT2D eigenvalue weighted by atomic mass is 10.1. The van der Waals surface area contributed by atoms with Gasteiger partial charge < -0.3 is 10.2 Å². The van der Waals surface area contributed by atoms with Gasteiger partial charge in [0.1, 0.15) is 5.75 Å². The van der Waals surface area contributed by atoms with Gasteiger partial charge in [-0.1, -0.05) is 58.7 Å². The number of aliphatic hydroxyl groups excluding tert-OH is 1. The Hall–Kier alpha value is -2.63. The lowest BCUT2D eigenvalue weighted by molar-refractivity contribution is -0.122. The number of benzene rings is 3. The van der Waals surface area contributed by atoms with Crippen molar-refractivity contribution in [1.82, 2.24) is 0 Å². The van der Waals surface area contributed by atoms with E-state index >= 15 is 0 Å². The van der Waals surface area contributed by atoms with Crippen molar-refractivity contribution < 1.29 is 15.0 Å². The number of phenols is 1. The third-order valence-electron chi connectivity index (χ3n) is 4.02. The second-order valence-corrected chi connectivity index (χ2v) is 7.32. The number of carbonyl (C=O) groups excluding carboxylic acids is 1. The molecule has 0 spiro atoms. The van der Waals surface area contributed by atoms with Crippen molar-refractivity contribution in [1.29, 1.82) is 0 Å². The molecule has 0 aliphatic heterocycles. The highest BCUT2D eigenvalue weighted by Crippen LogP contribution is 2.28. The fourth-order valence-electron chi connectivity index (χ4n) is 2.49. The van der Waals surface area contributed by atoms with Crippen molar-refractivity contribution in [3.05, 3.63) is 88.9 Å². The predicted molar refractivity (Wildman–Crippen MR) is 117 cm³/mol. The summed E-state index contributed by atoms with van der Waals surface area (Å²) in [6.07, 6.45) is 0. The molecule has 0 saturated carbocycles. The molecule has 1 amide bonds. The van der Waals surface area contributed by atoms with Crippen molar-refractivity contribution in [2.24, 2.45) is 5.92 Å². The third-order valence-corrected chi connectivity index (χ3v) is 4.51. The molecule has 2 N–H and O–H groups in total.